The molecular weight excluding hydrogens is 398 g/mol. The number of thioether (sulfide) groups is 1. The molecule has 4 rings (SSSR count). The van der Waals surface area contributed by atoms with E-state index in [1.54, 1.807) is 11.2 Å². The fraction of sp³-hybridized carbons (Fsp3) is 0.174. The molecule has 0 aliphatic carbocycles. The third kappa shape index (κ3) is 4.99. The third-order valence-corrected chi connectivity index (χ3v) is 5.40. The van der Waals surface area contributed by atoms with Crippen LogP contribution in [0.5, 0.6) is 0 Å². The maximum Gasteiger partial charge on any atom is 0.277 e. The van der Waals surface area contributed by atoms with Gasteiger partial charge in [0, 0.05) is 12.1 Å². The minimum atomic E-state index is -0.0316. The molecule has 30 heavy (non-hydrogen) atoms. The molecule has 0 atom stereocenters. The molecule has 0 saturated heterocycles. The smallest absolute Gasteiger partial charge is 0.277 e. The largest absolute Gasteiger partial charge is 0.467 e. The second-order valence-corrected chi connectivity index (χ2v) is 7.72. The van der Waals surface area contributed by atoms with Crippen molar-refractivity contribution in [2.75, 3.05) is 5.75 Å². The van der Waals surface area contributed by atoms with Gasteiger partial charge in [0.05, 0.1) is 18.6 Å². The lowest BCUT2D eigenvalue weighted by Crippen LogP contribution is -2.31. The highest BCUT2D eigenvalue weighted by atomic mass is 32.2. The van der Waals surface area contributed by atoms with Crippen molar-refractivity contribution in [3.05, 3.63) is 89.9 Å². The van der Waals surface area contributed by atoms with E-state index in [0.717, 1.165) is 22.5 Å². The summed E-state index contributed by atoms with van der Waals surface area (Å²) in [7, 11) is 0. The van der Waals surface area contributed by atoms with E-state index < -0.39 is 0 Å². The summed E-state index contributed by atoms with van der Waals surface area (Å²) in [5.74, 6) is 1.36. The Bertz CT molecular complexity index is 1090. The molecule has 0 spiro atoms. The summed E-state index contributed by atoms with van der Waals surface area (Å²) in [6.07, 6.45) is 1.61. The molecular formula is C23H21N3O3S. The van der Waals surface area contributed by atoms with Crippen LogP contribution in [0.3, 0.4) is 0 Å². The molecule has 2 aromatic heterocycles. The third-order valence-electron chi connectivity index (χ3n) is 4.60. The fourth-order valence-electron chi connectivity index (χ4n) is 3.03. The normalized spacial score (nSPS) is 10.8. The van der Waals surface area contributed by atoms with Gasteiger partial charge in [0.1, 0.15) is 5.76 Å². The van der Waals surface area contributed by atoms with Crippen LogP contribution in [0.15, 0.2) is 87.1 Å². The Morgan fingerprint density at radius 2 is 1.77 bits per heavy atom. The summed E-state index contributed by atoms with van der Waals surface area (Å²) < 4.78 is 11.2. The van der Waals surface area contributed by atoms with Crippen molar-refractivity contribution < 1.29 is 13.6 Å². The zero-order valence-corrected chi connectivity index (χ0v) is 17.3. The number of carbonyl (C=O) groups excluding carboxylic acids is 1. The van der Waals surface area contributed by atoms with E-state index in [-0.39, 0.29) is 11.7 Å². The van der Waals surface area contributed by atoms with Crippen LogP contribution in [0, 0.1) is 6.92 Å². The summed E-state index contributed by atoms with van der Waals surface area (Å²) in [6, 6.07) is 21.4. The van der Waals surface area contributed by atoms with Crippen LogP contribution in [0.25, 0.3) is 11.5 Å². The summed E-state index contributed by atoms with van der Waals surface area (Å²) in [5.41, 5.74) is 3.01. The molecule has 0 saturated carbocycles. The Hall–Kier alpha value is -3.32. The number of rotatable bonds is 8. The zero-order valence-electron chi connectivity index (χ0n) is 16.5. The first-order chi connectivity index (χ1) is 14.7. The molecule has 4 aromatic rings. The molecule has 1 amide bonds. The van der Waals surface area contributed by atoms with Crippen LogP contribution < -0.4 is 0 Å². The fourth-order valence-corrected chi connectivity index (χ4v) is 3.70. The number of benzene rings is 2. The second-order valence-electron chi connectivity index (χ2n) is 6.79. The first-order valence-electron chi connectivity index (χ1n) is 9.55. The molecule has 0 aliphatic rings. The number of hydrogen-bond acceptors (Lipinski definition) is 6. The van der Waals surface area contributed by atoms with Crippen molar-refractivity contribution in [1.29, 1.82) is 0 Å². The van der Waals surface area contributed by atoms with Gasteiger partial charge in [0.15, 0.2) is 0 Å². The summed E-state index contributed by atoms with van der Waals surface area (Å²) >= 11 is 1.24. The molecule has 2 aromatic carbocycles. The van der Waals surface area contributed by atoms with Gasteiger partial charge >= 0.3 is 0 Å². The Kier molecular flexibility index (Phi) is 6.29. The van der Waals surface area contributed by atoms with Crippen LogP contribution in [0.4, 0.5) is 0 Å². The maximum absolute atomic E-state index is 13.0. The highest BCUT2D eigenvalue weighted by Gasteiger charge is 2.18. The predicted octanol–water partition coefficient (Wildman–Crippen LogP) is 4.96. The Labute approximate surface area is 178 Å². The Morgan fingerprint density at radius 3 is 2.53 bits per heavy atom. The quantitative estimate of drug-likeness (QED) is 0.376. The number of furan rings is 1. The van der Waals surface area contributed by atoms with Crippen LogP contribution >= 0.6 is 11.8 Å². The topological polar surface area (TPSA) is 72.4 Å². The first-order valence-corrected chi connectivity index (χ1v) is 10.5. The van der Waals surface area contributed by atoms with E-state index in [0.29, 0.717) is 24.2 Å². The number of carbonyl (C=O) groups is 1. The highest BCUT2D eigenvalue weighted by Crippen LogP contribution is 2.26. The number of aromatic nitrogens is 2. The van der Waals surface area contributed by atoms with E-state index in [1.165, 1.54) is 11.8 Å². The van der Waals surface area contributed by atoms with E-state index in [1.807, 2.05) is 73.7 Å². The summed E-state index contributed by atoms with van der Waals surface area (Å²) in [6.45, 7) is 2.89. The average molecular weight is 420 g/mol. The molecule has 6 nitrogen and oxygen atoms in total. The monoisotopic (exact) mass is 419 g/mol. The van der Waals surface area contributed by atoms with Crippen molar-refractivity contribution in [2.24, 2.45) is 0 Å². The van der Waals surface area contributed by atoms with Gasteiger partial charge in [-0.2, -0.15) is 0 Å². The second kappa shape index (κ2) is 9.45. The van der Waals surface area contributed by atoms with Crippen LogP contribution in [-0.4, -0.2) is 26.8 Å². The number of hydrogen-bond donors (Lipinski definition) is 0. The van der Waals surface area contributed by atoms with E-state index in [9.17, 15) is 4.79 Å². The first kappa shape index (κ1) is 20.0. The highest BCUT2D eigenvalue weighted by molar-refractivity contribution is 7.99. The maximum atomic E-state index is 13.0. The van der Waals surface area contributed by atoms with Crippen LogP contribution in [0.2, 0.25) is 0 Å². The van der Waals surface area contributed by atoms with Gasteiger partial charge in [-0.1, -0.05) is 60.3 Å². The number of aryl methyl sites for hydroxylation is 1. The molecule has 0 unspecified atom stereocenters. The van der Waals surface area contributed by atoms with Gasteiger partial charge < -0.3 is 13.7 Å². The minimum Gasteiger partial charge on any atom is -0.467 e. The van der Waals surface area contributed by atoms with Crippen LogP contribution in [-0.2, 0) is 17.9 Å². The van der Waals surface area contributed by atoms with Crippen molar-refractivity contribution in [3.63, 3.8) is 0 Å². The molecule has 7 heteroatoms. The molecule has 0 radical (unpaired) electrons. The van der Waals surface area contributed by atoms with E-state index >= 15 is 0 Å². The van der Waals surface area contributed by atoms with Crippen molar-refractivity contribution in [3.8, 4) is 11.5 Å². The van der Waals surface area contributed by atoms with Gasteiger partial charge in [0.2, 0.25) is 11.8 Å². The molecule has 0 aliphatic heterocycles. The number of nitrogens with zero attached hydrogens (tertiary/aromatic N) is 3. The predicted molar refractivity (Wildman–Crippen MR) is 115 cm³/mol. The minimum absolute atomic E-state index is 0.0316. The molecule has 0 fully saturated rings. The zero-order chi connectivity index (χ0) is 20.8. The summed E-state index contributed by atoms with van der Waals surface area (Å²) in [4.78, 5) is 14.7. The molecule has 0 bridgehead atoms. The molecule has 0 N–H and O–H groups in total. The van der Waals surface area contributed by atoms with Gasteiger partial charge in [-0.05, 0) is 36.2 Å². The van der Waals surface area contributed by atoms with Crippen molar-refractivity contribution >= 4 is 17.7 Å². The van der Waals surface area contributed by atoms with Gasteiger partial charge in [-0.15, -0.1) is 10.2 Å². The van der Waals surface area contributed by atoms with Gasteiger partial charge in [-0.25, -0.2) is 0 Å². The molecule has 152 valence electrons. The Morgan fingerprint density at radius 1 is 0.967 bits per heavy atom. The van der Waals surface area contributed by atoms with E-state index in [4.69, 9.17) is 8.83 Å². The average Bonchev–Trinajstić information content (AvgIpc) is 3.45. The lowest BCUT2D eigenvalue weighted by molar-refractivity contribution is -0.129. The molecule has 2 heterocycles. The SMILES string of the molecule is Cc1ccccc1-c1nnc(SCC(=O)N(Cc2ccccc2)Cc2ccco2)o1. The van der Waals surface area contributed by atoms with Crippen LogP contribution in [0.1, 0.15) is 16.9 Å². The standard InChI is InChI=1S/C23H21N3O3S/c1-17-8-5-6-12-20(17)22-24-25-23(29-22)30-16-21(27)26(15-19-11-7-13-28-19)14-18-9-3-2-4-10-18/h2-13H,14-16H2,1H3. The van der Waals surface area contributed by atoms with Gasteiger partial charge in [-0.3, -0.25) is 4.79 Å². The number of amides is 1. The Balaban J connectivity index is 1.43. The van der Waals surface area contributed by atoms with Crippen molar-refractivity contribution in [2.45, 2.75) is 25.2 Å². The van der Waals surface area contributed by atoms with E-state index in [2.05, 4.69) is 10.2 Å². The summed E-state index contributed by atoms with van der Waals surface area (Å²) in [5, 5.41) is 8.58. The lowest BCUT2D eigenvalue weighted by Gasteiger charge is -2.21. The van der Waals surface area contributed by atoms with Gasteiger partial charge in [0.25, 0.3) is 5.22 Å². The lowest BCUT2D eigenvalue weighted by atomic mass is 10.1. The van der Waals surface area contributed by atoms with Crippen molar-refractivity contribution in [1.82, 2.24) is 15.1 Å².